The van der Waals surface area contributed by atoms with Crippen LogP contribution in [-0.2, 0) is 4.79 Å². The number of imide groups is 1. The van der Waals surface area contributed by atoms with Crippen LogP contribution in [0.1, 0.15) is 0 Å². The summed E-state index contributed by atoms with van der Waals surface area (Å²) in [6.07, 6.45) is 4.93. The maximum absolute atomic E-state index is 11.6. The predicted octanol–water partition coefficient (Wildman–Crippen LogP) is 1.33. The van der Waals surface area contributed by atoms with Crippen LogP contribution in [0.15, 0.2) is 28.3 Å². The molecule has 0 aromatic rings. The predicted molar refractivity (Wildman–Crippen MR) is 52.2 cm³/mol. The van der Waals surface area contributed by atoms with Crippen molar-refractivity contribution in [2.75, 3.05) is 7.05 Å². The van der Waals surface area contributed by atoms with E-state index in [4.69, 9.17) is 11.6 Å². The van der Waals surface area contributed by atoms with Crippen LogP contribution in [-0.4, -0.2) is 29.6 Å². The van der Waals surface area contributed by atoms with Crippen molar-refractivity contribution in [3.63, 3.8) is 0 Å². The molecule has 14 heavy (non-hydrogen) atoms. The molecule has 0 bridgehead atoms. The lowest BCUT2D eigenvalue weighted by Gasteiger charge is -2.26. The van der Waals surface area contributed by atoms with Gasteiger partial charge in [-0.05, 0) is 12.2 Å². The lowest BCUT2D eigenvalue weighted by Crippen LogP contribution is -2.44. The first-order valence-electron chi connectivity index (χ1n) is 4.05. The molecule has 0 saturated carbocycles. The molecule has 1 aliphatic heterocycles. The van der Waals surface area contributed by atoms with E-state index in [9.17, 15) is 9.59 Å². The standard InChI is InChI=1S/C9H7ClN2O2/c1-12-8(13)7-5(10)3-2-4-6(7)11-9(12)14/h2-4,7H,1H3. The molecule has 0 spiro atoms. The van der Waals surface area contributed by atoms with E-state index in [1.165, 1.54) is 7.05 Å². The van der Waals surface area contributed by atoms with E-state index < -0.39 is 11.9 Å². The summed E-state index contributed by atoms with van der Waals surface area (Å²) in [4.78, 5) is 27.6. The van der Waals surface area contributed by atoms with Gasteiger partial charge in [0.1, 0.15) is 5.92 Å². The first-order chi connectivity index (χ1) is 6.61. The number of hydrogen-bond donors (Lipinski definition) is 0. The SMILES string of the molecule is CN1C(=O)N=C2C=CC=C(Cl)C2C1=O. The highest BCUT2D eigenvalue weighted by atomic mass is 35.5. The second kappa shape index (κ2) is 3.06. The third-order valence-corrected chi connectivity index (χ3v) is 2.53. The number of urea groups is 1. The van der Waals surface area contributed by atoms with Gasteiger partial charge < -0.3 is 0 Å². The Bertz CT molecular complexity index is 409. The fourth-order valence-electron chi connectivity index (χ4n) is 1.39. The van der Waals surface area contributed by atoms with Gasteiger partial charge in [0.05, 0.1) is 5.71 Å². The van der Waals surface area contributed by atoms with Crippen LogP contribution in [0.2, 0.25) is 0 Å². The molecule has 0 fully saturated rings. The van der Waals surface area contributed by atoms with Crippen LogP contribution in [0.5, 0.6) is 0 Å². The van der Waals surface area contributed by atoms with E-state index >= 15 is 0 Å². The molecule has 0 N–H and O–H groups in total. The summed E-state index contributed by atoms with van der Waals surface area (Å²) < 4.78 is 0. The van der Waals surface area contributed by atoms with Gasteiger partial charge in [0, 0.05) is 12.1 Å². The molecular weight excluding hydrogens is 204 g/mol. The van der Waals surface area contributed by atoms with Crippen molar-refractivity contribution >= 4 is 29.3 Å². The van der Waals surface area contributed by atoms with Crippen LogP contribution in [0.25, 0.3) is 0 Å². The van der Waals surface area contributed by atoms with Gasteiger partial charge in [-0.25, -0.2) is 4.79 Å². The number of fused-ring (bicyclic) bond motifs is 1. The van der Waals surface area contributed by atoms with Crippen LogP contribution in [0, 0.1) is 5.92 Å². The molecule has 1 heterocycles. The van der Waals surface area contributed by atoms with Gasteiger partial charge in [0.2, 0.25) is 5.91 Å². The monoisotopic (exact) mass is 210 g/mol. The average molecular weight is 211 g/mol. The lowest BCUT2D eigenvalue weighted by molar-refractivity contribution is -0.128. The van der Waals surface area contributed by atoms with E-state index in [0.29, 0.717) is 10.7 Å². The summed E-state index contributed by atoms with van der Waals surface area (Å²) in [5.41, 5.74) is 0.422. The van der Waals surface area contributed by atoms with E-state index in [-0.39, 0.29) is 5.91 Å². The Morgan fingerprint density at radius 1 is 1.50 bits per heavy atom. The van der Waals surface area contributed by atoms with Gasteiger partial charge >= 0.3 is 6.03 Å². The number of halogens is 1. The number of rotatable bonds is 0. The molecular formula is C9H7ClN2O2. The zero-order valence-corrected chi connectivity index (χ0v) is 8.15. The Morgan fingerprint density at radius 3 is 2.93 bits per heavy atom. The van der Waals surface area contributed by atoms with Crippen molar-refractivity contribution in [2.24, 2.45) is 10.9 Å². The molecule has 3 amide bonds. The van der Waals surface area contributed by atoms with Crippen molar-refractivity contribution in [1.29, 1.82) is 0 Å². The average Bonchev–Trinajstić information content (AvgIpc) is 2.14. The summed E-state index contributed by atoms with van der Waals surface area (Å²) in [5, 5.41) is 0.399. The minimum absolute atomic E-state index is 0.328. The number of allylic oxidation sites excluding steroid dienone is 3. The molecule has 5 heteroatoms. The fourth-order valence-corrected chi connectivity index (χ4v) is 1.67. The third kappa shape index (κ3) is 1.19. The third-order valence-electron chi connectivity index (χ3n) is 2.18. The topological polar surface area (TPSA) is 49.7 Å². The molecule has 0 aromatic heterocycles. The molecule has 1 atom stereocenters. The van der Waals surface area contributed by atoms with Gasteiger partial charge in [-0.3, -0.25) is 9.69 Å². The summed E-state index contributed by atoms with van der Waals surface area (Å²) >= 11 is 5.87. The number of hydrogen-bond acceptors (Lipinski definition) is 2. The quantitative estimate of drug-likeness (QED) is 0.606. The van der Waals surface area contributed by atoms with Gasteiger partial charge in [-0.2, -0.15) is 4.99 Å². The van der Waals surface area contributed by atoms with Crippen molar-refractivity contribution in [1.82, 2.24) is 4.90 Å². The maximum Gasteiger partial charge on any atom is 0.350 e. The number of carbonyl (C=O) groups excluding carboxylic acids is 2. The Kier molecular flexibility index (Phi) is 2.00. The van der Waals surface area contributed by atoms with Crippen molar-refractivity contribution in [2.45, 2.75) is 0 Å². The van der Waals surface area contributed by atoms with Crippen molar-refractivity contribution < 1.29 is 9.59 Å². The fraction of sp³-hybridized carbons (Fsp3) is 0.222. The van der Waals surface area contributed by atoms with E-state index in [1.807, 2.05) is 0 Å². The van der Waals surface area contributed by atoms with Crippen molar-refractivity contribution in [3.05, 3.63) is 23.3 Å². The molecule has 2 rings (SSSR count). The first-order valence-corrected chi connectivity index (χ1v) is 4.43. The normalized spacial score (nSPS) is 25.9. The van der Waals surface area contributed by atoms with Gasteiger partial charge in [0.25, 0.3) is 0 Å². The van der Waals surface area contributed by atoms with E-state index in [1.54, 1.807) is 18.2 Å². The number of aliphatic imine (C=N–C) groups is 1. The minimum Gasteiger partial charge on any atom is -0.273 e. The Morgan fingerprint density at radius 2 is 2.21 bits per heavy atom. The van der Waals surface area contributed by atoms with E-state index in [0.717, 1.165) is 4.90 Å². The molecule has 1 unspecified atom stereocenters. The highest BCUT2D eigenvalue weighted by molar-refractivity contribution is 6.37. The highest BCUT2D eigenvalue weighted by Crippen LogP contribution is 2.27. The molecule has 0 radical (unpaired) electrons. The summed E-state index contributed by atoms with van der Waals surface area (Å²) in [5.74, 6) is -0.921. The Labute approximate surface area is 85.5 Å². The van der Waals surface area contributed by atoms with Gasteiger partial charge in [0.15, 0.2) is 0 Å². The molecule has 2 aliphatic rings. The zero-order valence-electron chi connectivity index (χ0n) is 7.40. The molecule has 0 saturated heterocycles. The zero-order chi connectivity index (χ0) is 10.3. The highest BCUT2D eigenvalue weighted by Gasteiger charge is 2.36. The van der Waals surface area contributed by atoms with Gasteiger partial charge in [-0.15, -0.1) is 0 Å². The lowest BCUT2D eigenvalue weighted by atomic mass is 9.95. The summed E-state index contributed by atoms with van der Waals surface area (Å²) in [7, 11) is 1.40. The number of amides is 3. The largest absolute Gasteiger partial charge is 0.350 e. The van der Waals surface area contributed by atoms with Crippen LogP contribution in [0.3, 0.4) is 0 Å². The Hall–Kier alpha value is -1.42. The summed E-state index contributed by atoms with van der Waals surface area (Å²) in [6, 6.07) is -0.544. The molecule has 0 aromatic carbocycles. The van der Waals surface area contributed by atoms with Crippen molar-refractivity contribution in [3.8, 4) is 0 Å². The smallest absolute Gasteiger partial charge is 0.273 e. The second-order valence-electron chi connectivity index (χ2n) is 3.06. The van der Waals surface area contributed by atoms with Crippen LogP contribution < -0.4 is 0 Å². The number of carbonyl (C=O) groups is 2. The van der Waals surface area contributed by atoms with Gasteiger partial charge in [-0.1, -0.05) is 17.7 Å². The molecule has 4 nitrogen and oxygen atoms in total. The summed E-state index contributed by atoms with van der Waals surface area (Å²) in [6.45, 7) is 0. The minimum atomic E-state index is -0.593. The Balaban J connectivity index is 2.51. The first kappa shape index (κ1) is 9.15. The maximum atomic E-state index is 11.6. The molecule has 72 valence electrons. The number of nitrogens with zero attached hydrogens (tertiary/aromatic N) is 2. The second-order valence-corrected chi connectivity index (χ2v) is 3.50. The molecule has 1 aliphatic carbocycles. The van der Waals surface area contributed by atoms with E-state index in [2.05, 4.69) is 4.99 Å². The van der Waals surface area contributed by atoms with Crippen LogP contribution in [0.4, 0.5) is 4.79 Å². The van der Waals surface area contributed by atoms with Crippen LogP contribution >= 0.6 is 11.6 Å².